The van der Waals surface area contributed by atoms with E-state index in [1.807, 2.05) is 61.5 Å². The van der Waals surface area contributed by atoms with E-state index in [1.165, 1.54) is 0 Å². The van der Waals surface area contributed by atoms with Gasteiger partial charge in [0, 0.05) is 5.56 Å². The summed E-state index contributed by atoms with van der Waals surface area (Å²) in [5.41, 5.74) is 3.02. The van der Waals surface area contributed by atoms with Crippen molar-refractivity contribution < 1.29 is 14.1 Å². The number of ether oxygens (including phenoxy) is 1. The molecule has 1 heterocycles. The summed E-state index contributed by atoms with van der Waals surface area (Å²) in [6, 6.07) is 17.2. The summed E-state index contributed by atoms with van der Waals surface area (Å²) in [7, 11) is 0. The molecule has 134 valence electrons. The minimum Gasteiger partial charge on any atom is -0.367 e. The smallest absolute Gasteiger partial charge is 0.249 e. The van der Waals surface area contributed by atoms with E-state index in [-0.39, 0.29) is 12.5 Å². The molecule has 1 amide bonds. The Labute approximate surface area is 152 Å². The van der Waals surface area contributed by atoms with Crippen molar-refractivity contribution in [1.82, 2.24) is 15.5 Å². The Balaban J connectivity index is 1.51. The Hall–Kier alpha value is -2.99. The second-order valence-electron chi connectivity index (χ2n) is 6.09. The second-order valence-corrected chi connectivity index (χ2v) is 6.09. The summed E-state index contributed by atoms with van der Waals surface area (Å²) < 4.78 is 10.7. The van der Waals surface area contributed by atoms with E-state index in [2.05, 4.69) is 15.5 Å². The molecule has 0 fully saturated rings. The fourth-order valence-electron chi connectivity index (χ4n) is 2.49. The minimum atomic E-state index is -0.395. The van der Waals surface area contributed by atoms with Crippen LogP contribution in [0.3, 0.4) is 0 Å². The standard InChI is InChI=1S/C20H21N3O3/c1-14-7-6-10-17(11-14)19-22-20(26-23-19)15(2)21-18(24)13-25-12-16-8-4-3-5-9-16/h3-11,15H,12-13H2,1-2H3,(H,21,24)/t15-/m1/s1. The van der Waals surface area contributed by atoms with E-state index in [0.29, 0.717) is 18.3 Å². The number of carbonyl (C=O) groups is 1. The van der Waals surface area contributed by atoms with Crippen LogP contribution in [-0.2, 0) is 16.1 Å². The molecule has 26 heavy (non-hydrogen) atoms. The normalized spacial score (nSPS) is 11.9. The zero-order chi connectivity index (χ0) is 18.4. The highest BCUT2D eigenvalue weighted by Crippen LogP contribution is 2.19. The van der Waals surface area contributed by atoms with Gasteiger partial charge in [-0.15, -0.1) is 0 Å². The van der Waals surface area contributed by atoms with Gasteiger partial charge < -0.3 is 14.6 Å². The maximum Gasteiger partial charge on any atom is 0.249 e. The Morgan fingerprint density at radius 1 is 1.19 bits per heavy atom. The van der Waals surface area contributed by atoms with E-state index in [4.69, 9.17) is 9.26 Å². The lowest BCUT2D eigenvalue weighted by atomic mass is 10.1. The first kappa shape index (κ1) is 17.8. The van der Waals surface area contributed by atoms with Crippen molar-refractivity contribution in [2.75, 3.05) is 6.61 Å². The number of hydrogen-bond acceptors (Lipinski definition) is 5. The molecule has 0 saturated heterocycles. The van der Waals surface area contributed by atoms with E-state index >= 15 is 0 Å². The molecule has 0 aliphatic rings. The number of aryl methyl sites for hydroxylation is 1. The van der Waals surface area contributed by atoms with Crippen LogP contribution in [-0.4, -0.2) is 22.7 Å². The molecule has 1 atom stereocenters. The first-order valence-electron chi connectivity index (χ1n) is 8.43. The lowest BCUT2D eigenvalue weighted by Gasteiger charge is -2.10. The molecule has 0 spiro atoms. The number of benzene rings is 2. The molecule has 0 saturated carbocycles. The number of rotatable bonds is 7. The topological polar surface area (TPSA) is 77.2 Å². The van der Waals surface area contributed by atoms with Gasteiger partial charge in [0.25, 0.3) is 0 Å². The Kier molecular flexibility index (Phi) is 5.76. The third-order valence-electron chi connectivity index (χ3n) is 3.81. The van der Waals surface area contributed by atoms with Crippen LogP contribution in [0.25, 0.3) is 11.4 Å². The van der Waals surface area contributed by atoms with Gasteiger partial charge in [-0.25, -0.2) is 0 Å². The number of aromatic nitrogens is 2. The summed E-state index contributed by atoms with van der Waals surface area (Å²) in [5.74, 6) is 0.631. The van der Waals surface area contributed by atoms with Gasteiger partial charge in [-0.1, -0.05) is 59.3 Å². The van der Waals surface area contributed by atoms with Crippen molar-refractivity contribution in [3.05, 3.63) is 71.6 Å². The van der Waals surface area contributed by atoms with Crippen molar-refractivity contribution in [2.24, 2.45) is 0 Å². The molecule has 1 aromatic heterocycles. The average Bonchev–Trinajstić information content (AvgIpc) is 3.13. The first-order valence-corrected chi connectivity index (χ1v) is 8.43. The number of nitrogens with zero attached hydrogens (tertiary/aromatic N) is 2. The number of nitrogens with one attached hydrogen (secondary N) is 1. The SMILES string of the molecule is Cc1cccc(-c2noc([C@@H](C)NC(=O)COCc3ccccc3)n2)c1. The van der Waals surface area contributed by atoms with Crippen molar-refractivity contribution in [1.29, 1.82) is 0 Å². The largest absolute Gasteiger partial charge is 0.367 e. The maximum atomic E-state index is 12.0. The van der Waals surface area contributed by atoms with Gasteiger partial charge in [-0.3, -0.25) is 4.79 Å². The summed E-state index contributed by atoms with van der Waals surface area (Å²) >= 11 is 0. The van der Waals surface area contributed by atoms with Crippen molar-refractivity contribution in [3.63, 3.8) is 0 Å². The van der Waals surface area contributed by atoms with Crippen LogP contribution in [0.15, 0.2) is 59.1 Å². The van der Waals surface area contributed by atoms with Gasteiger partial charge in [0.15, 0.2) is 0 Å². The van der Waals surface area contributed by atoms with Crippen molar-refractivity contribution >= 4 is 5.91 Å². The fraction of sp³-hybridized carbons (Fsp3) is 0.250. The quantitative estimate of drug-likeness (QED) is 0.705. The predicted molar refractivity (Wildman–Crippen MR) is 97.1 cm³/mol. The third-order valence-corrected chi connectivity index (χ3v) is 3.81. The van der Waals surface area contributed by atoms with E-state index in [0.717, 1.165) is 16.7 Å². The molecular weight excluding hydrogens is 330 g/mol. The van der Waals surface area contributed by atoms with Crippen LogP contribution in [0.1, 0.15) is 30.0 Å². The molecule has 0 radical (unpaired) electrons. The molecule has 6 nitrogen and oxygen atoms in total. The molecule has 0 unspecified atom stereocenters. The molecule has 0 bridgehead atoms. The van der Waals surface area contributed by atoms with Gasteiger partial charge >= 0.3 is 0 Å². The van der Waals surface area contributed by atoms with E-state index in [9.17, 15) is 4.79 Å². The van der Waals surface area contributed by atoms with Gasteiger partial charge in [-0.05, 0) is 25.5 Å². The van der Waals surface area contributed by atoms with Crippen molar-refractivity contribution in [3.8, 4) is 11.4 Å². The highest BCUT2D eigenvalue weighted by atomic mass is 16.5. The monoisotopic (exact) mass is 351 g/mol. The van der Waals surface area contributed by atoms with Crippen LogP contribution in [0, 0.1) is 6.92 Å². The second kappa shape index (κ2) is 8.40. The van der Waals surface area contributed by atoms with Crippen molar-refractivity contribution in [2.45, 2.75) is 26.5 Å². The van der Waals surface area contributed by atoms with Gasteiger partial charge in [-0.2, -0.15) is 4.98 Å². The van der Waals surface area contributed by atoms with E-state index in [1.54, 1.807) is 6.92 Å². The Morgan fingerprint density at radius 2 is 2.00 bits per heavy atom. The highest BCUT2D eigenvalue weighted by molar-refractivity contribution is 5.77. The van der Waals surface area contributed by atoms with Crippen LogP contribution < -0.4 is 5.32 Å². The number of hydrogen-bond donors (Lipinski definition) is 1. The zero-order valence-electron chi connectivity index (χ0n) is 14.8. The number of carbonyl (C=O) groups excluding carboxylic acids is 1. The van der Waals surface area contributed by atoms with Crippen LogP contribution in [0.2, 0.25) is 0 Å². The average molecular weight is 351 g/mol. The molecule has 3 aromatic rings. The predicted octanol–water partition coefficient (Wildman–Crippen LogP) is 3.44. The molecular formula is C20H21N3O3. The molecule has 6 heteroatoms. The molecule has 0 aliphatic carbocycles. The van der Waals surface area contributed by atoms with Crippen LogP contribution in [0.5, 0.6) is 0 Å². The molecule has 2 aromatic carbocycles. The minimum absolute atomic E-state index is 0.0297. The molecule has 0 aliphatic heterocycles. The lowest BCUT2D eigenvalue weighted by molar-refractivity contribution is -0.126. The van der Waals surface area contributed by atoms with Gasteiger partial charge in [0.05, 0.1) is 6.61 Å². The van der Waals surface area contributed by atoms with Gasteiger partial charge in [0.2, 0.25) is 17.6 Å². The maximum absolute atomic E-state index is 12.0. The lowest BCUT2D eigenvalue weighted by Crippen LogP contribution is -2.30. The molecule has 1 N–H and O–H groups in total. The summed E-state index contributed by atoms with van der Waals surface area (Å²) in [4.78, 5) is 16.4. The van der Waals surface area contributed by atoms with Gasteiger partial charge in [0.1, 0.15) is 12.6 Å². The summed E-state index contributed by atoms with van der Waals surface area (Å²) in [6.45, 7) is 4.16. The fourth-order valence-corrected chi connectivity index (χ4v) is 2.49. The summed E-state index contributed by atoms with van der Waals surface area (Å²) in [5, 5.41) is 6.79. The van der Waals surface area contributed by atoms with E-state index < -0.39 is 6.04 Å². The third kappa shape index (κ3) is 4.77. The highest BCUT2D eigenvalue weighted by Gasteiger charge is 2.17. The first-order chi connectivity index (χ1) is 12.6. The van der Waals surface area contributed by atoms with Crippen LogP contribution >= 0.6 is 0 Å². The Bertz CT molecular complexity index is 862. The van der Waals surface area contributed by atoms with Crippen LogP contribution in [0.4, 0.5) is 0 Å². The Morgan fingerprint density at radius 3 is 2.77 bits per heavy atom. The molecule has 3 rings (SSSR count). The summed E-state index contributed by atoms with van der Waals surface area (Å²) in [6.07, 6.45) is 0. The number of amides is 1. The zero-order valence-corrected chi connectivity index (χ0v) is 14.8.